The summed E-state index contributed by atoms with van der Waals surface area (Å²) in [6.45, 7) is 4.81. The average molecular weight is 410 g/mol. The number of aromatic hydroxyl groups is 1. The van der Waals surface area contributed by atoms with Gasteiger partial charge in [0, 0.05) is 24.9 Å². The van der Waals surface area contributed by atoms with E-state index in [9.17, 15) is 24.6 Å². The Balaban J connectivity index is 1.87. The van der Waals surface area contributed by atoms with Crippen molar-refractivity contribution in [2.75, 3.05) is 19.6 Å². The molecule has 0 amide bonds. The molecule has 1 aliphatic heterocycles. The monoisotopic (exact) mass is 410 g/mol. The van der Waals surface area contributed by atoms with Crippen molar-refractivity contribution < 1.29 is 15.0 Å². The quantitative estimate of drug-likeness (QED) is 0.443. The van der Waals surface area contributed by atoms with Crippen molar-refractivity contribution in [1.29, 1.82) is 0 Å². The van der Waals surface area contributed by atoms with Gasteiger partial charge < -0.3 is 20.5 Å². The van der Waals surface area contributed by atoms with Crippen LogP contribution in [0.5, 0.6) is 5.75 Å². The zero-order valence-electron chi connectivity index (χ0n) is 16.4. The Morgan fingerprint density at radius 2 is 2.10 bits per heavy atom. The van der Waals surface area contributed by atoms with E-state index in [4.69, 9.17) is 0 Å². The minimum Gasteiger partial charge on any atom is -0.507 e. The molecule has 2 heterocycles. The molecular weight excluding hydrogens is 388 g/mol. The molecule has 0 radical (unpaired) electrons. The highest BCUT2D eigenvalue weighted by Crippen LogP contribution is 2.17. The fraction of sp³-hybridized carbons (Fsp3) is 0.333. The SMILES string of the molecule is CCN1CCCC1CNC=c1c(O)cc(=O)c2[nH]c3c(C(=O)O)ccc(=O)c3nc12. The van der Waals surface area contributed by atoms with Gasteiger partial charge in [-0.1, -0.05) is 6.92 Å². The minimum absolute atomic E-state index is 0.0197. The van der Waals surface area contributed by atoms with Gasteiger partial charge in [-0.2, -0.15) is 0 Å². The number of likely N-dealkylation sites (tertiary alicyclic amines) is 1. The summed E-state index contributed by atoms with van der Waals surface area (Å²) in [5, 5.41) is 23.2. The lowest BCUT2D eigenvalue weighted by Gasteiger charge is -2.22. The van der Waals surface area contributed by atoms with E-state index in [2.05, 4.69) is 27.1 Å². The van der Waals surface area contributed by atoms with E-state index in [1.807, 2.05) is 0 Å². The van der Waals surface area contributed by atoms with E-state index in [1.165, 1.54) is 6.07 Å². The highest BCUT2D eigenvalue weighted by atomic mass is 16.4. The van der Waals surface area contributed by atoms with Crippen LogP contribution in [0.2, 0.25) is 0 Å². The third kappa shape index (κ3) is 3.37. The number of hydrogen-bond donors (Lipinski definition) is 4. The molecule has 156 valence electrons. The topological polar surface area (TPSA) is 136 Å². The number of H-pyrrole nitrogens is 1. The molecule has 1 atom stereocenters. The summed E-state index contributed by atoms with van der Waals surface area (Å²) in [7, 11) is 0. The van der Waals surface area contributed by atoms with Crippen molar-refractivity contribution in [2.45, 2.75) is 25.8 Å². The largest absolute Gasteiger partial charge is 0.507 e. The summed E-state index contributed by atoms with van der Waals surface area (Å²) in [4.78, 5) is 45.6. The number of fused-ring (bicyclic) bond motifs is 2. The second-order valence-corrected chi connectivity index (χ2v) is 7.39. The molecule has 0 spiro atoms. The van der Waals surface area contributed by atoms with Crippen LogP contribution >= 0.6 is 0 Å². The molecule has 1 saturated heterocycles. The lowest BCUT2D eigenvalue weighted by atomic mass is 10.1. The highest BCUT2D eigenvalue weighted by molar-refractivity contribution is 6.02. The minimum atomic E-state index is -1.24. The molecule has 9 nitrogen and oxygen atoms in total. The number of rotatable bonds is 5. The standard InChI is InChI=1S/C21H22N4O5/c1-2-25-7-3-4-11(25)9-22-10-13-15(27)8-16(28)20-18(13)24-19-14(26)6-5-12(21(29)30)17(19)23-20/h5-6,8,10-11,22-23,27H,2-4,7,9H2,1H3,(H,29,30). The number of carboxylic acid groups (broad SMARTS) is 1. The number of likely N-dealkylation sites (N-methyl/N-ethyl adjacent to an activating group) is 1. The van der Waals surface area contributed by atoms with Crippen LogP contribution in [0.15, 0.2) is 27.8 Å². The summed E-state index contributed by atoms with van der Waals surface area (Å²) in [5.41, 5.74) is -1.17. The van der Waals surface area contributed by atoms with Gasteiger partial charge in [0.05, 0.1) is 16.3 Å². The number of aromatic carboxylic acids is 1. The second kappa shape index (κ2) is 7.75. The summed E-state index contributed by atoms with van der Waals surface area (Å²) in [6.07, 6.45) is 3.80. The van der Waals surface area contributed by atoms with Gasteiger partial charge in [0.2, 0.25) is 10.9 Å². The first kappa shape index (κ1) is 19.8. The third-order valence-electron chi connectivity index (χ3n) is 5.63. The molecule has 1 fully saturated rings. The first-order chi connectivity index (χ1) is 14.4. The maximum atomic E-state index is 12.4. The first-order valence-corrected chi connectivity index (χ1v) is 9.84. The number of nitrogens with one attached hydrogen (secondary N) is 2. The van der Waals surface area contributed by atoms with Crippen molar-refractivity contribution in [3.63, 3.8) is 0 Å². The van der Waals surface area contributed by atoms with Gasteiger partial charge >= 0.3 is 5.97 Å². The smallest absolute Gasteiger partial charge is 0.337 e. The van der Waals surface area contributed by atoms with E-state index in [1.54, 1.807) is 6.20 Å². The molecule has 1 unspecified atom stereocenters. The van der Waals surface area contributed by atoms with E-state index < -0.39 is 16.8 Å². The summed E-state index contributed by atoms with van der Waals surface area (Å²) in [6, 6.07) is 3.73. The Bertz CT molecular complexity index is 1320. The lowest BCUT2D eigenvalue weighted by Crippen LogP contribution is -2.36. The number of phenolic OH excluding ortho intramolecular Hbond substituents is 1. The fourth-order valence-corrected chi connectivity index (χ4v) is 4.09. The van der Waals surface area contributed by atoms with Crippen molar-refractivity contribution in [3.05, 3.63) is 49.4 Å². The van der Waals surface area contributed by atoms with Crippen molar-refractivity contribution in [2.24, 2.45) is 0 Å². The molecule has 3 aromatic rings. The number of aromatic nitrogens is 2. The first-order valence-electron chi connectivity index (χ1n) is 9.84. The number of nitrogens with zero attached hydrogens (tertiary/aromatic N) is 2. The molecule has 0 aliphatic carbocycles. The predicted octanol–water partition coefficient (Wildman–Crippen LogP) is 0.371. The lowest BCUT2D eigenvalue weighted by molar-refractivity contribution is 0.0699. The van der Waals surface area contributed by atoms with Gasteiger partial charge in [-0.3, -0.25) is 14.5 Å². The summed E-state index contributed by atoms with van der Waals surface area (Å²) < 4.78 is 0. The van der Waals surface area contributed by atoms with Gasteiger partial charge in [-0.25, -0.2) is 9.78 Å². The number of phenols is 1. The molecule has 2 aromatic carbocycles. The number of aromatic amines is 1. The maximum Gasteiger partial charge on any atom is 0.337 e. The third-order valence-corrected chi connectivity index (χ3v) is 5.63. The number of hydrogen-bond acceptors (Lipinski definition) is 7. The number of benzene rings is 2. The van der Waals surface area contributed by atoms with Gasteiger partial charge in [0.25, 0.3) is 0 Å². The van der Waals surface area contributed by atoms with Crippen LogP contribution in [-0.4, -0.2) is 56.7 Å². The summed E-state index contributed by atoms with van der Waals surface area (Å²) >= 11 is 0. The van der Waals surface area contributed by atoms with E-state index in [0.29, 0.717) is 12.6 Å². The highest BCUT2D eigenvalue weighted by Gasteiger charge is 2.22. The van der Waals surface area contributed by atoms with E-state index in [-0.39, 0.29) is 38.6 Å². The van der Waals surface area contributed by atoms with Crippen LogP contribution in [0.1, 0.15) is 30.1 Å². The van der Waals surface area contributed by atoms with Crippen molar-refractivity contribution in [1.82, 2.24) is 20.2 Å². The van der Waals surface area contributed by atoms with Crippen LogP contribution in [0.4, 0.5) is 0 Å². The fourth-order valence-electron chi connectivity index (χ4n) is 4.09. The van der Waals surface area contributed by atoms with Crippen LogP contribution in [0.3, 0.4) is 0 Å². The average Bonchev–Trinajstić information content (AvgIpc) is 3.17. The van der Waals surface area contributed by atoms with Crippen molar-refractivity contribution in [3.8, 4) is 5.75 Å². The molecule has 4 rings (SSSR count). The Morgan fingerprint density at radius 1 is 1.30 bits per heavy atom. The Morgan fingerprint density at radius 3 is 2.83 bits per heavy atom. The second-order valence-electron chi connectivity index (χ2n) is 7.39. The molecule has 0 bridgehead atoms. The molecule has 30 heavy (non-hydrogen) atoms. The van der Waals surface area contributed by atoms with Crippen molar-refractivity contribution >= 4 is 34.2 Å². The molecule has 9 heteroatoms. The number of carbonyl (C=O) groups is 1. The van der Waals surface area contributed by atoms with Crippen LogP contribution in [0, 0.1) is 0 Å². The van der Waals surface area contributed by atoms with Crippen LogP contribution in [0.25, 0.3) is 28.3 Å². The van der Waals surface area contributed by atoms with Gasteiger partial charge in [0.1, 0.15) is 22.3 Å². The normalized spacial score (nSPS) is 17.8. The molecule has 1 aliphatic rings. The van der Waals surface area contributed by atoms with Gasteiger partial charge in [-0.15, -0.1) is 0 Å². The predicted molar refractivity (Wildman–Crippen MR) is 113 cm³/mol. The molecule has 0 saturated carbocycles. The molecular formula is C21H22N4O5. The van der Waals surface area contributed by atoms with Crippen LogP contribution in [-0.2, 0) is 0 Å². The van der Waals surface area contributed by atoms with Gasteiger partial charge in [-0.05, 0) is 38.1 Å². The van der Waals surface area contributed by atoms with Gasteiger partial charge in [0.15, 0.2) is 0 Å². The number of carboxylic acids is 1. The molecule has 1 aromatic heterocycles. The maximum absolute atomic E-state index is 12.4. The van der Waals surface area contributed by atoms with E-state index >= 15 is 0 Å². The zero-order chi connectivity index (χ0) is 21.4. The summed E-state index contributed by atoms with van der Waals surface area (Å²) in [5.74, 6) is -1.50. The Hall–Kier alpha value is -3.46. The molecule has 4 N–H and O–H groups in total. The van der Waals surface area contributed by atoms with Crippen LogP contribution < -0.4 is 21.4 Å². The Kier molecular flexibility index (Phi) is 5.13. The Labute approximate surface area is 170 Å². The zero-order valence-corrected chi connectivity index (χ0v) is 16.4. The van der Waals surface area contributed by atoms with E-state index in [0.717, 1.165) is 38.1 Å².